The Balaban J connectivity index is 1.28. The molecule has 2 amide bonds. The van der Waals surface area contributed by atoms with Gasteiger partial charge in [0.2, 0.25) is 17.6 Å². The Labute approximate surface area is 187 Å². The average Bonchev–Trinajstić information content (AvgIpc) is 3.50. The number of carbonyl (C=O) groups is 2. The summed E-state index contributed by atoms with van der Waals surface area (Å²) in [6, 6.07) is 15.1. The van der Waals surface area contributed by atoms with E-state index in [-0.39, 0.29) is 18.2 Å². The minimum absolute atomic E-state index is 0.0476. The second kappa shape index (κ2) is 9.77. The van der Waals surface area contributed by atoms with E-state index in [1.165, 1.54) is 5.56 Å². The average molecular weight is 433 g/mol. The molecule has 4 rings (SSSR count). The van der Waals surface area contributed by atoms with Gasteiger partial charge in [-0.15, -0.1) is 0 Å². The van der Waals surface area contributed by atoms with Crippen LogP contribution >= 0.6 is 0 Å². The van der Waals surface area contributed by atoms with Gasteiger partial charge in [-0.2, -0.15) is 4.98 Å². The molecule has 1 aromatic heterocycles. The van der Waals surface area contributed by atoms with Gasteiger partial charge in [-0.3, -0.25) is 9.59 Å². The number of amides is 2. The van der Waals surface area contributed by atoms with Gasteiger partial charge in [0, 0.05) is 42.7 Å². The second-order valence-corrected chi connectivity index (χ2v) is 8.41. The lowest BCUT2D eigenvalue weighted by Gasteiger charge is -2.15. The number of nitrogens with one attached hydrogen (secondary N) is 1. The molecule has 1 N–H and O–H groups in total. The molecule has 0 bridgehead atoms. The number of likely N-dealkylation sites (tertiary alicyclic amines) is 1. The van der Waals surface area contributed by atoms with E-state index in [0.717, 1.165) is 31.5 Å². The molecule has 0 saturated carbocycles. The highest BCUT2D eigenvalue weighted by Crippen LogP contribution is 2.21. The third kappa shape index (κ3) is 5.22. The highest BCUT2D eigenvalue weighted by molar-refractivity contribution is 5.96. The molecule has 0 aliphatic carbocycles. The van der Waals surface area contributed by atoms with Crippen LogP contribution in [0.4, 0.5) is 5.69 Å². The summed E-state index contributed by atoms with van der Waals surface area (Å²) in [5.74, 6) is 1.31. The van der Waals surface area contributed by atoms with Crippen LogP contribution in [-0.4, -0.2) is 39.9 Å². The standard InChI is InChI=1S/C25H28N4O3/c1-17(2)18-5-7-19(8-6-18)24-27-23(32-28-24)14-13-22(30)26-21-11-9-20(10-12-21)25(31)29-15-3-4-16-29/h5-12,17H,3-4,13-16H2,1-2H3,(H,26,30). The minimum Gasteiger partial charge on any atom is -0.339 e. The van der Waals surface area contributed by atoms with Crippen LogP contribution < -0.4 is 5.32 Å². The van der Waals surface area contributed by atoms with Crippen molar-refractivity contribution in [1.82, 2.24) is 15.0 Å². The molecule has 32 heavy (non-hydrogen) atoms. The lowest BCUT2D eigenvalue weighted by atomic mass is 10.0. The van der Waals surface area contributed by atoms with Crippen LogP contribution in [0.2, 0.25) is 0 Å². The maximum Gasteiger partial charge on any atom is 0.253 e. The lowest BCUT2D eigenvalue weighted by molar-refractivity contribution is -0.116. The molecule has 0 unspecified atom stereocenters. The number of aromatic nitrogens is 2. The van der Waals surface area contributed by atoms with E-state index in [2.05, 4.69) is 41.4 Å². The van der Waals surface area contributed by atoms with Crippen molar-refractivity contribution in [2.45, 2.75) is 45.4 Å². The summed E-state index contributed by atoms with van der Waals surface area (Å²) in [5, 5.41) is 6.88. The van der Waals surface area contributed by atoms with E-state index in [0.29, 0.717) is 35.3 Å². The van der Waals surface area contributed by atoms with Crippen molar-refractivity contribution in [2.24, 2.45) is 0 Å². The van der Waals surface area contributed by atoms with Crippen molar-refractivity contribution >= 4 is 17.5 Å². The Kier molecular flexibility index (Phi) is 6.63. The smallest absolute Gasteiger partial charge is 0.253 e. The van der Waals surface area contributed by atoms with Gasteiger partial charge in [-0.05, 0) is 48.6 Å². The third-order valence-corrected chi connectivity index (χ3v) is 5.68. The van der Waals surface area contributed by atoms with Crippen LogP contribution in [-0.2, 0) is 11.2 Å². The maximum absolute atomic E-state index is 12.4. The molecule has 3 aromatic rings. The predicted octanol–water partition coefficient (Wildman–Crippen LogP) is 4.67. The van der Waals surface area contributed by atoms with E-state index in [4.69, 9.17) is 4.52 Å². The topological polar surface area (TPSA) is 88.3 Å². The minimum atomic E-state index is -0.148. The van der Waals surface area contributed by atoms with Gasteiger partial charge in [-0.25, -0.2) is 0 Å². The number of aryl methyl sites for hydroxylation is 1. The number of nitrogens with zero attached hydrogens (tertiary/aromatic N) is 3. The first-order valence-corrected chi connectivity index (χ1v) is 11.1. The summed E-state index contributed by atoms with van der Waals surface area (Å²) in [4.78, 5) is 31.0. The number of anilines is 1. The van der Waals surface area contributed by atoms with Crippen LogP contribution in [0.15, 0.2) is 53.1 Å². The van der Waals surface area contributed by atoms with E-state index < -0.39 is 0 Å². The van der Waals surface area contributed by atoms with Gasteiger partial charge >= 0.3 is 0 Å². The Bertz CT molecular complexity index is 1070. The SMILES string of the molecule is CC(C)c1ccc(-c2noc(CCC(=O)Nc3ccc(C(=O)N4CCCC4)cc3)n2)cc1. The molecular weight excluding hydrogens is 404 g/mol. The Morgan fingerprint density at radius 3 is 2.38 bits per heavy atom. The molecule has 166 valence electrons. The van der Waals surface area contributed by atoms with Crippen molar-refractivity contribution in [3.05, 3.63) is 65.5 Å². The molecule has 7 heteroatoms. The van der Waals surface area contributed by atoms with E-state index in [1.54, 1.807) is 24.3 Å². The van der Waals surface area contributed by atoms with Gasteiger partial charge in [0.1, 0.15) is 0 Å². The highest BCUT2D eigenvalue weighted by Gasteiger charge is 2.19. The number of rotatable bonds is 7. The Hall–Kier alpha value is -3.48. The zero-order valence-electron chi connectivity index (χ0n) is 18.5. The normalized spacial score (nSPS) is 13.5. The first kappa shape index (κ1) is 21.7. The summed E-state index contributed by atoms with van der Waals surface area (Å²) < 4.78 is 5.30. The quantitative estimate of drug-likeness (QED) is 0.586. The molecule has 1 fully saturated rings. The van der Waals surface area contributed by atoms with Gasteiger partial charge in [0.05, 0.1) is 0 Å². The van der Waals surface area contributed by atoms with Crippen LogP contribution in [0.1, 0.15) is 60.8 Å². The number of carbonyl (C=O) groups excluding carboxylic acids is 2. The summed E-state index contributed by atoms with van der Waals surface area (Å²) in [5.41, 5.74) is 3.44. The van der Waals surface area contributed by atoms with Gasteiger partial charge in [-0.1, -0.05) is 43.3 Å². The van der Waals surface area contributed by atoms with E-state index in [1.807, 2.05) is 17.0 Å². The van der Waals surface area contributed by atoms with Crippen LogP contribution in [0, 0.1) is 0 Å². The Morgan fingerprint density at radius 1 is 1.03 bits per heavy atom. The molecule has 2 heterocycles. The predicted molar refractivity (Wildman–Crippen MR) is 122 cm³/mol. The van der Waals surface area contributed by atoms with Crippen molar-refractivity contribution in [3.8, 4) is 11.4 Å². The van der Waals surface area contributed by atoms with Crippen LogP contribution in [0.25, 0.3) is 11.4 Å². The van der Waals surface area contributed by atoms with E-state index >= 15 is 0 Å². The number of hydrogen-bond donors (Lipinski definition) is 1. The summed E-state index contributed by atoms with van der Waals surface area (Å²) >= 11 is 0. The summed E-state index contributed by atoms with van der Waals surface area (Å²) in [6.45, 7) is 5.93. The molecule has 1 saturated heterocycles. The van der Waals surface area contributed by atoms with E-state index in [9.17, 15) is 9.59 Å². The summed E-state index contributed by atoms with van der Waals surface area (Å²) in [7, 11) is 0. The first-order chi connectivity index (χ1) is 15.5. The largest absolute Gasteiger partial charge is 0.339 e. The fourth-order valence-electron chi connectivity index (χ4n) is 3.73. The molecule has 0 radical (unpaired) electrons. The fraction of sp³-hybridized carbons (Fsp3) is 0.360. The number of benzene rings is 2. The second-order valence-electron chi connectivity index (χ2n) is 8.41. The zero-order chi connectivity index (χ0) is 22.5. The van der Waals surface area contributed by atoms with Gasteiger partial charge < -0.3 is 14.7 Å². The van der Waals surface area contributed by atoms with Crippen LogP contribution in [0.5, 0.6) is 0 Å². The van der Waals surface area contributed by atoms with Gasteiger partial charge in [0.25, 0.3) is 5.91 Å². The number of hydrogen-bond acceptors (Lipinski definition) is 5. The zero-order valence-corrected chi connectivity index (χ0v) is 18.5. The Morgan fingerprint density at radius 2 is 1.72 bits per heavy atom. The first-order valence-electron chi connectivity index (χ1n) is 11.1. The molecule has 7 nitrogen and oxygen atoms in total. The molecule has 0 atom stereocenters. The van der Waals surface area contributed by atoms with Crippen LogP contribution in [0.3, 0.4) is 0 Å². The highest BCUT2D eigenvalue weighted by atomic mass is 16.5. The monoisotopic (exact) mass is 432 g/mol. The molecule has 1 aliphatic rings. The lowest BCUT2D eigenvalue weighted by Crippen LogP contribution is -2.27. The van der Waals surface area contributed by atoms with Crippen molar-refractivity contribution in [2.75, 3.05) is 18.4 Å². The fourth-order valence-corrected chi connectivity index (χ4v) is 3.73. The molecular formula is C25H28N4O3. The molecule has 2 aromatic carbocycles. The van der Waals surface area contributed by atoms with Crippen molar-refractivity contribution in [1.29, 1.82) is 0 Å². The van der Waals surface area contributed by atoms with Gasteiger partial charge in [0.15, 0.2) is 0 Å². The molecule has 0 spiro atoms. The molecule has 1 aliphatic heterocycles. The van der Waals surface area contributed by atoms with Crippen molar-refractivity contribution < 1.29 is 14.1 Å². The third-order valence-electron chi connectivity index (χ3n) is 5.68. The summed E-state index contributed by atoms with van der Waals surface area (Å²) in [6.07, 6.45) is 2.70. The maximum atomic E-state index is 12.4. The van der Waals surface area contributed by atoms with Crippen molar-refractivity contribution in [3.63, 3.8) is 0 Å².